The number of anilines is 2. The molecule has 41 heavy (non-hydrogen) atoms. The van der Waals surface area contributed by atoms with Gasteiger partial charge in [-0.3, -0.25) is 14.5 Å². The molecule has 214 valence electrons. The molecule has 6 rings (SSSR count). The number of benzene rings is 1. The van der Waals surface area contributed by atoms with Crippen molar-refractivity contribution in [2.75, 3.05) is 29.9 Å². The topological polar surface area (TPSA) is 112 Å². The summed E-state index contributed by atoms with van der Waals surface area (Å²) in [5.41, 5.74) is -2.45. The molecule has 2 fully saturated rings. The number of amides is 2. The molecule has 1 saturated carbocycles. The predicted octanol–water partition coefficient (Wildman–Crippen LogP) is 3.94. The summed E-state index contributed by atoms with van der Waals surface area (Å²) >= 11 is 6.14. The minimum atomic E-state index is -1.32. The number of aromatic nitrogens is 3. The van der Waals surface area contributed by atoms with Gasteiger partial charge in [-0.1, -0.05) is 37.6 Å². The van der Waals surface area contributed by atoms with Crippen LogP contribution in [0.2, 0.25) is 5.02 Å². The van der Waals surface area contributed by atoms with E-state index in [0.29, 0.717) is 25.9 Å². The van der Waals surface area contributed by atoms with E-state index in [1.54, 1.807) is 24.0 Å². The number of likely N-dealkylation sites (tertiary alicyclic amines) is 1. The highest BCUT2D eigenvalue weighted by atomic mass is 35.5. The number of fused-ring (bicyclic) bond motifs is 1. The fourth-order valence-corrected chi connectivity index (χ4v) is 6.15. The summed E-state index contributed by atoms with van der Waals surface area (Å²) in [7, 11) is 0. The van der Waals surface area contributed by atoms with Crippen LogP contribution in [0, 0.1) is 17.0 Å². The quantitative estimate of drug-likeness (QED) is 0.453. The number of nitrogens with zero attached hydrogens (tertiary/aromatic N) is 5. The molecule has 3 unspecified atom stereocenters. The summed E-state index contributed by atoms with van der Waals surface area (Å²) in [5.74, 6) is -2.20. The lowest BCUT2D eigenvalue weighted by molar-refractivity contribution is -0.149. The lowest BCUT2D eigenvalue weighted by Crippen LogP contribution is -2.60. The Hall–Kier alpha value is -3.70. The molecule has 2 aliphatic heterocycles. The van der Waals surface area contributed by atoms with Crippen LogP contribution in [-0.2, 0) is 10.2 Å². The first-order chi connectivity index (χ1) is 19.4. The first kappa shape index (κ1) is 27.5. The smallest absolute Gasteiger partial charge is 0.263 e. The molecule has 1 aliphatic carbocycles. The van der Waals surface area contributed by atoms with Crippen LogP contribution in [0.15, 0.2) is 42.7 Å². The molecular formula is C29H29ClF2N6O3. The van der Waals surface area contributed by atoms with Crippen LogP contribution in [-0.4, -0.2) is 68.0 Å². The summed E-state index contributed by atoms with van der Waals surface area (Å²) in [6.45, 7) is 6.13. The molecule has 2 amide bonds. The second kappa shape index (κ2) is 9.42. The Balaban J connectivity index is 1.31. The van der Waals surface area contributed by atoms with Gasteiger partial charge in [0.05, 0.1) is 27.7 Å². The molecule has 0 spiro atoms. The Labute approximate surface area is 240 Å². The summed E-state index contributed by atoms with van der Waals surface area (Å²) in [6, 6.07) is 7.02. The lowest BCUT2D eigenvalue weighted by atomic mass is 9.74. The van der Waals surface area contributed by atoms with Gasteiger partial charge in [-0.25, -0.2) is 23.7 Å². The molecule has 1 saturated heterocycles. The van der Waals surface area contributed by atoms with E-state index in [0.717, 1.165) is 4.90 Å². The standard InChI is InChI=1S/C29H29ClF2N6O3/c1-4-27(2)14-29(27,41)25(40)37-12-16(13-37)35-26-34-11-17-22(36-26)28(3,18-7-5-8-19(30)21(18)32)15-38(24(17)39)23-20(31)9-6-10-33-23/h5-11,16,41H,4,12-15H2,1-3H3,(H,34,35,36). The summed E-state index contributed by atoms with van der Waals surface area (Å²) < 4.78 is 30.2. The molecule has 0 radical (unpaired) electrons. The number of nitrogens with one attached hydrogen (secondary N) is 1. The largest absolute Gasteiger partial charge is 0.379 e. The predicted molar refractivity (Wildman–Crippen MR) is 148 cm³/mol. The average molecular weight is 583 g/mol. The SMILES string of the molecule is CCC1(C)CC1(O)C(=O)N1CC(Nc2ncc3c(n2)C(C)(c2cccc(Cl)c2F)CN(c2ncccc2F)C3=O)C1. The van der Waals surface area contributed by atoms with Crippen LogP contribution < -0.4 is 10.2 Å². The second-order valence-electron chi connectivity index (χ2n) is 11.6. The van der Waals surface area contributed by atoms with Crippen molar-refractivity contribution >= 4 is 35.2 Å². The van der Waals surface area contributed by atoms with Crippen molar-refractivity contribution in [3.63, 3.8) is 0 Å². The average Bonchev–Trinajstić information content (AvgIpc) is 3.52. The number of pyridine rings is 1. The Morgan fingerprint density at radius 3 is 2.63 bits per heavy atom. The Bertz CT molecular complexity index is 1590. The van der Waals surface area contributed by atoms with Gasteiger partial charge in [0.25, 0.3) is 11.8 Å². The Morgan fingerprint density at radius 1 is 1.20 bits per heavy atom. The van der Waals surface area contributed by atoms with Crippen LogP contribution in [0.3, 0.4) is 0 Å². The van der Waals surface area contributed by atoms with E-state index in [2.05, 4.69) is 20.3 Å². The maximum Gasteiger partial charge on any atom is 0.263 e. The van der Waals surface area contributed by atoms with Gasteiger partial charge in [-0.05, 0) is 38.0 Å². The first-order valence-corrected chi connectivity index (χ1v) is 13.8. The number of aliphatic hydroxyl groups is 1. The highest BCUT2D eigenvalue weighted by Gasteiger charge is 2.69. The van der Waals surface area contributed by atoms with Crippen LogP contribution >= 0.6 is 11.6 Å². The van der Waals surface area contributed by atoms with Gasteiger partial charge in [0.2, 0.25) is 5.95 Å². The van der Waals surface area contributed by atoms with Gasteiger partial charge < -0.3 is 15.3 Å². The van der Waals surface area contributed by atoms with Gasteiger partial charge in [0.15, 0.2) is 11.6 Å². The molecule has 4 heterocycles. The molecule has 3 atom stereocenters. The number of hydrogen-bond donors (Lipinski definition) is 2. The van der Waals surface area contributed by atoms with E-state index in [1.807, 2.05) is 13.8 Å². The van der Waals surface area contributed by atoms with Gasteiger partial charge in [-0.2, -0.15) is 0 Å². The third kappa shape index (κ3) is 4.16. The van der Waals surface area contributed by atoms with Crippen LogP contribution in [0.25, 0.3) is 0 Å². The number of rotatable bonds is 6. The molecule has 3 aromatic rings. The molecule has 2 N–H and O–H groups in total. The van der Waals surface area contributed by atoms with Crippen molar-refractivity contribution < 1.29 is 23.5 Å². The third-order valence-electron chi connectivity index (χ3n) is 8.96. The van der Waals surface area contributed by atoms with Gasteiger partial charge in [-0.15, -0.1) is 0 Å². The van der Waals surface area contributed by atoms with Gasteiger partial charge >= 0.3 is 0 Å². The molecule has 2 aromatic heterocycles. The maximum absolute atomic E-state index is 15.5. The molecule has 0 bridgehead atoms. The van der Waals surface area contributed by atoms with Gasteiger partial charge in [0, 0.05) is 43.0 Å². The zero-order valence-corrected chi connectivity index (χ0v) is 23.5. The number of halogens is 3. The van der Waals surface area contributed by atoms with Crippen molar-refractivity contribution in [3.05, 3.63) is 76.2 Å². The Morgan fingerprint density at radius 2 is 1.95 bits per heavy atom. The van der Waals surface area contributed by atoms with Crippen LogP contribution in [0.5, 0.6) is 0 Å². The summed E-state index contributed by atoms with van der Waals surface area (Å²) in [6.07, 6.45) is 3.87. The van der Waals surface area contributed by atoms with Crippen LogP contribution in [0.4, 0.5) is 20.5 Å². The molecule has 1 aromatic carbocycles. The fourth-order valence-electron chi connectivity index (χ4n) is 5.98. The van der Waals surface area contributed by atoms with E-state index in [4.69, 9.17) is 11.6 Å². The highest BCUT2D eigenvalue weighted by molar-refractivity contribution is 6.30. The van der Waals surface area contributed by atoms with Crippen molar-refractivity contribution in [2.45, 2.75) is 50.7 Å². The monoisotopic (exact) mass is 582 g/mol. The number of carbonyl (C=O) groups excluding carboxylic acids is 2. The van der Waals surface area contributed by atoms with E-state index in [9.17, 15) is 19.1 Å². The van der Waals surface area contributed by atoms with Crippen LogP contribution in [0.1, 0.15) is 55.2 Å². The van der Waals surface area contributed by atoms with Crippen molar-refractivity contribution in [1.82, 2.24) is 19.9 Å². The maximum atomic E-state index is 15.5. The first-order valence-electron chi connectivity index (χ1n) is 13.4. The van der Waals surface area contributed by atoms with E-state index in [1.165, 1.54) is 30.6 Å². The zero-order valence-electron chi connectivity index (χ0n) is 22.8. The Kier molecular flexibility index (Phi) is 6.31. The zero-order chi connectivity index (χ0) is 29.3. The van der Waals surface area contributed by atoms with Crippen molar-refractivity contribution in [1.29, 1.82) is 0 Å². The van der Waals surface area contributed by atoms with Crippen molar-refractivity contribution in [2.24, 2.45) is 5.41 Å². The molecular weight excluding hydrogens is 554 g/mol. The minimum absolute atomic E-state index is 0.0777. The third-order valence-corrected chi connectivity index (χ3v) is 9.25. The van der Waals surface area contributed by atoms with E-state index < -0.39 is 34.0 Å². The molecule has 12 heteroatoms. The minimum Gasteiger partial charge on any atom is -0.379 e. The van der Waals surface area contributed by atoms with Crippen molar-refractivity contribution in [3.8, 4) is 0 Å². The molecule has 9 nitrogen and oxygen atoms in total. The molecule has 3 aliphatic rings. The second-order valence-corrected chi connectivity index (χ2v) is 12.0. The summed E-state index contributed by atoms with van der Waals surface area (Å²) in [5, 5.41) is 13.9. The number of carbonyl (C=O) groups is 2. The van der Waals surface area contributed by atoms with E-state index in [-0.39, 0.29) is 52.1 Å². The highest BCUT2D eigenvalue weighted by Crippen LogP contribution is 2.59. The van der Waals surface area contributed by atoms with Gasteiger partial charge in [0.1, 0.15) is 11.4 Å². The fraction of sp³-hybridized carbons (Fsp3) is 0.414. The normalized spacial score (nSPS) is 27.3. The number of hydrogen-bond acceptors (Lipinski definition) is 7. The lowest BCUT2D eigenvalue weighted by Gasteiger charge is -2.42. The van der Waals surface area contributed by atoms with E-state index >= 15 is 4.39 Å². The summed E-state index contributed by atoms with van der Waals surface area (Å²) in [4.78, 5) is 42.3.